The summed E-state index contributed by atoms with van der Waals surface area (Å²) >= 11 is 5.90. The number of carbonyl (C=O) groups excluding carboxylic acids is 1. The van der Waals surface area contributed by atoms with Crippen LogP contribution in [0.25, 0.3) is 17.4 Å². The fourth-order valence-electron chi connectivity index (χ4n) is 2.68. The maximum atomic E-state index is 12.1. The summed E-state index contributed by atoms with van der Waals surface area (Å²) in [5.41, 5.74) is 2.99. The minimum absolute atomic E-state index is 0.198. The first-order valence-electron chi connectivity index (χ1n) is 9.00. The van der Waals surface area contributed by atoms with Gasteiger partial charge in [0, 0.05) is 22.3 Å². The lowest BCUT2D eigenvalue weighted by molar-refractivity contribution is -0.111. The van der Waals surface area contributed by atoms with Gasteiger partial charge in [0.1, 0.15) is 11.5 Å². The van der Waals surface area contributed by atoms with E-state index in [0.29, 0.717) is 16.7 Å². The van der Waals surface area contributed by atoms with Gasteiger partial charge in [-0.1, -0.05) is 37.6 Å². The summed E-state index contributed by atoms with van der Waals surface area (Å²) in [7, 11) is 0. The van der Waals surface area contributed by atoms with Crippen LogP contribution in [0.15, 0.2) is 71.2 Å². The lowest BCUT2D eigenvalue weighted by atomic mass is 9.99. The Balaban J connectivity index is 1.61. The lowest BCUT2D eigenvalue weighted by Gasteiger charge is -2.09. The van der Waals surface area contributed by atoms with Gasteiger partial charge in [-0.15, -0.1) is 0 Å². The van der Waals surface area contributed by atoms with Gasteiger partial charge in [0.2, 0.25) is 5.91 Å². The van der Waals surface area contributed by atoms with Gasteiger partial charge in [0.05, 0.1) is 0 Å². The molecule has 0 fully saturated rings. The summed E-state index contributed by atoms with van der Waals surface area (Å²) < 4.78 is 5.75. The molecule has 0 radical (unpaired) electrons. The number of amides is 1. The van der Waals surface area contributed by atoms with Gasteiger partial charge in [-0.25, -0.2) is 0 Å². The molecule has 4 heteroatoms. The second-order valence-corrected chi connectivity index (χ2v) is 6.90. The highest BCUT2D eigenvalue weighted by molar-refractivity contribution is 6.30. The highest BCUT2D eigenvalue weighted by Crippen LogP contribution is 2.24. The van der Waals surface area contributed by atoms with Crippen LogP contribution in [0.3, 0.4) is 0 Å². The summed E-state index contributed by atoms with van der Waals surface area (Å²) in [4.78, 5) is 12.1. The number of rotatable bonds is 6. The van der Waals surface area contributed by atoms with Gasteiger partial charge < -0.3 is 9.73 Å². The zero-order chi connectivity index (χ0) is 19.2. The van der Waals surface area contributed by atoms with Crippen molar-refractivity contribution in [3.05, 3.63) is 83.1 Å². The molecular formula is C23H22ClNO2. The van der Waals surface area contributed by atoms with Crippen molar-refractivity contribution in [2.45, 2.75) is 26.2 Å². The van der Waals surface area contributed by atoms with E-state index >= 15 is 0 Å². The molecule has 1 unspecified atom stereocenters. The molecule has 0 bridgehead atoms. The van der Waals surface area contributed by atoms with Crippen LogP contribution < -0.4 is 5.32 Å². The Morgan fingerprint density at radius 1 is 1.07 bits per heavy atom. The van der Waals surface area contributed by atoms with E-state index in [-0.39, 0.29) is 5.91 Å². The molecule has 1 heterocycles. The molecule has 27 heavy (non-hydrogen) atoms. The van der Waals surface area contributed by atoms with Crippen LogP contribution in [0.1, 0.15) is 37.5 Å². The van der Waals surface area contributed by atoms with Crippen molar-refractivity contribution in [1.29, 1.82) is 0 Å². The Morgan fingerprint density at radius 3 is 2.44 bits per heavy atom. The van der Waals surface area contributed by atoms with E-state index in [1.165, 1.54) is 11.6 Å². The topological polar surface area (TPSA) is 42.2 Å². The standard InChI is InChI=1S/C23H22ClNO2/c1-3-16(2)17-6-10-20(11-7-17)25-23(26)15-13-21-12-14-22(27-21)18-4-8-19(24)9-5-18/h4-16H,3H2,1-2H3,(H,25,26). The quantitative estimate of drug-likeness (QED) is 0.480. The van der Waals surface area contributed by atoms with Crippen molar-refractivity contribution in [3.63, 3.8) is 0 Å². The number of anilines is 1. The summed E-state index contributed by atoms with van der Waals surface area (Å²) in [6.45, 7) is 4.36. The highest BCUT2D eigenvalue weighted by Gasteiger charge is 2.05. The van der Waals surface area contributed by atoms with Crippen LogP contribution in [0.5, 0.6) is 0 Å². The first-order valence-corrected chi connectivity index (χ1v) is 9.37. The monoisotopic (exact) mass is 379 g/mol. The molecule has 3 nitrogen and oxygen atoms in total. The number of halogens is 1. The Morgan fingerprint density at radius 2 is 1.78 bits per heavy atom. The summed E-state index contributed by atoms with van der Waals surface area (Å²) in [5, 5.41) is 3.54. The Labute approximate surface area is 164 Å². The van der Waals surface area contributed by atoms with Gasteiger partial charge in [-0.3, -0.25) is 4.79 Å². The Hall–Kier alpha value is -2.78. The van der Waals surface area contributed by atoms with Crippen molar-refractivity contribution >= 4 is 29.3 Å². The molecule has 138 valence electrons. The van der Waals surface area contributed by atoms with E-state index in [1.807, 2.05) is 48.5 Å². The van der Waals surface area contributed by atoms with E-state index in [4.69, 9.17) is 16.0 Å². The second-order valence-electron chi connectivity index (χ2n) is 6.46. The maximum Gasteiger partial charge on any atom is 0.248 e. The predicted molar refractivity (Wildman–Crippen MR) is 112 cm³/mol. The lowest BCUT2D eigenvalue weighted by Crippen LogP contribution is -2.07. The third-order valence-corrected chi connectivity index (χ3v) is 4.77. The number of furan rings is 1. The third kappa shape index (κ3) is 5.11. The molecule has 1 atom stereocenters. The average Bonchev–Trinajstić information content (AvgIpc) is 3.16. The van der Waals surface area contributed by atoms with Crippen LogP contribution in [-0.4, -0.2) is 5.91 Å². The molecule has 0 aliphatic heterocycles. The van der Waals surface area contributed by atoms with E-state index in [9.17, 15) is 4.79 Å². The maximum absolute atomic E-state index is 12.1. The first-order chi connectivity index (χ1) is 13.0. The van der Waals surface area contributed by atoms with Crippen LogP contribution in [0.4, 0.5) is 5.69 Å². The van der Waals surface area contributed by atoms with Crippen molar-refractivity contribution in [1.82, 2.24) is 0 Å². The summed E-state index contributed by atoms with van der Waals surface area (Å²) in [6.07, 6.45) is 4.21. The second kappa shape index (κ2) is 8.74. The predicted octanol–water partition coefficient (Wildman–Crippen LogP) is 6.77. The van der Waals surface area contributed by atoms with Crippen LogP contribution in [-0.2, 0) is 4.79 Å². The number of hydrogen-bond donors (Lipinski definition) is 1. The smallest absolute Gasteiger partial charge is 0.248 e. The van der Waals surface area contributed by atoms with Crippen LogP contribution >= 0.6 is 11.6 Å². The summed E-state index contributed by atoms with van der Waals surface area (Å²) in [5.74, 6) is 1.66. The molecule has 3 aromatic rings. The average molecular weight is 380 g/mol. The van der Waals surface area contributed by atoms with Gasteiger partial charge in [0.15, 0.2) is 0 Å². The highest BCUT2D eigenvalue weighted by atomic mass is 35.5. The molecule has 3 rings (SSSR count). The Kier molecular flexibility index (Phi) is 6.15. The van der Waals surface area contributed by atoms with E-state index in [0.717, 1.165) is 23.4 Å². The first kappa shape index (κ1) is 19.0. The number of hydrogen-bond acceptors (Lipinski definition) is 2. The largest absolute Gasteiger partial charge is 0.457 e. The SMILES string of the molecule is CCC(C)c1ccc(NC(=O)C=Cc2ccc(-c3ccc(Cl)cc3)o2)cc1. The van der Waals surface area contributed by atoms with Crippen molar-refractivity contribution < 1.29 is 9.21 Å². The fraction of sp³-hybridized carbons (Fsp3) is 0.174. The molecule has 0 aliphatic rings. The number of carbonyl (C=O) groups is 1. The molecule has 0 spiro atoms. The third-order valence-electron chi connectivity index (χ3n) is 4.51. The van der Waals surface area contributed by atoms with Crippen LogP contribution in [0.2, 0.25) is 5.02 Å². The Bertz CT molecular complexity index is 924. The van der Waals surface area contributed by atoms with E-state index < -0.39 is 0 Å². The van der Waals surface area contributed by atoms with Crippen molar-refractivity contribution in [2.24, 2.45) is 0 Å². The van der Waals surface area contributed by atoms with Gasteiger partial charge in [-0.2, -0.15) is 0 Å². The number of nitrogens with one attached hydrogen (secondary N) is 1. The zero-order valence-corrected chi connectivity index (χ0v) is 16.2. The van der Waals surface area contributed by atoms with E-state index in [1.54, 1.807) is 6.08 Å². The minimum Gasteiger partial charge on any atom is -0.457 e. The fourth-order valence-corrected chi connectivity index (χ4v) is 2.81. The van der Waals surface area contributed by atoms with E-state index in [2.05, 4.69) is 31.3 Å². The molecule has 0 saturated carbocycles. The minimum atomic E-state index is -0.198. The van der Waals surface area contributed by atoms with Crippen molar-refractivity contribution in [3.8, 4) is 11.3 Å². The number of benzene rings is 2. The van der Waals surface area contributed by atoms with Gasteiger partial charge in [0.25, 0.3) is 0 Å². The van der Waals surface area contributed by atoms with Gasteiger partial charge >= 0.3 is 0 Å². The van der Waals surface area contributed by atoms with Crippen molar-refractivity contribution in [2.75, 3.05) is 5.32 Å². The normalized spacial score (nSPS) is 12.3. The molecular weight excluding hydrogens is 358 g/mol. The van der Waals surface area contributed by atoms with Crippen LogP contribution in [0, 0.1) is 0 Å². The molecule has 0 saturated heterocycles. The molecule has 2 aromatic carbocycles. The molecule has 1 N–H and O–H groups in total. The molecule has 1 aromatic heterocycles. The zero-order valence-electron chi connectivity index (χ0n) is 15.4. The molecule has 0 aliphatic carbocycles. The summed E-state index contributed by atoms with van der Waals surface area (Å²) in [6, 6.07) is 19.1. The molecule has 1 amide bonds. The van der Waals surface area contributed by atoms with Gasteiger partial charge in [-0.05, 0) is 72.5 Å².